The fraction of sp³-hybridized carbons (Fsp3) is 0.464. The molecule has 1 saturated heterocycles. The number of piperidine rings is 1. The lowest BCUT2D eigenvalue weighted by atomic mass is 9.66. The van der Waals surface area contributed by atoms with Gasteiger partial charge in [0.2, 0.25) is 5.91 Å². The van der Waals surface area contributed by atoms with Crippen molar-refractivity contribution >= 4 is 29.4 Å². The Hall–Kier alpha value is -3.10. The number of rotatable bonds is 8. The Morgan fingerprint density at radius 2 is 1.78 bits per heavy atom. The molecule has 9 heteroatoms. The lowest BCUT2D eigenvalue weighted by Gasteiger charge is -2.51. The first-order chi connectivity index (χ1) is 17.3. The van der Waals surface area contributed by atoms with Crippen LogP contribution in [0.3, 0.4) is 0 Å². The van der Waals surface area contributed by atoms with Gasteiger partial charge in [0.15, 0.2) is 6.61 Å². The van der Waals surface area contributed by atoms with Crippen molar-refractivity contribution < 1.29 is 29.3 Å². The Morgan fingerprint density at radius 1 is 1.14 bits per heavy atom. The highest BCUT2D eigenvalue weighted by atomic mass is 35.5. The molecule has 0 aromatic heterocycles. The van der Waals surface area contributed by atoms with E-state index in [0.717, 1.165) is 5.56 Å². The van der Waals surface area contributed by atoms with Crippen LogP contribution in [0.4, 0.5) is 0 Å². The van der Waals surface area contributed by atoms with E-state index in [4.69, 9.17) is 16.3 Å². The van der Waals surface area contributed by atoms with Gasteiger partial charge in [0.1, 0.15) is 17.4 Å². The fourth-order valence-corrected chi connectivity index (χ4v) is 4.97. The number of nitrogens with zero attached hydrogens (tertiary/aromatic N) is 1. The van der Waals surface area contributed by atoms with E-state index in [0.29, 0.717) is 30.1 Å². The summed E-state index contributed by atoms with van der Waals surface area (Å²) in [6, 6.07) is 11.0. The molecule has 2 amide bonds. The van der Waals surface area contributed by atoms with Crippen molar-refractivity contribution in [1.29, 1.82) is 0 Å². The number of halogens is 1. The number of nitrogens with one attached hydrogen (secondary N) is 1. The molecule has 200 valence electrons. The van der Waals surface area contributed by atoms with Gasteiger partial charge in [-0.15, -0.1) is 0 Å². The summed E-state index contributed by atoms with van der Waals surface area (Å²) in [7, 11) is 0. The number of aryl methyl sites for hydroxylation is 1. The molecule has 37 heavy (non-hydrogen) atoms. The summed E-state index contributed by atoms with van der Waals surface area (Å²) < 4.78 is 5.55. The largest absolute Gasteiger partial charge is 0.483 e. The molecule has 2 unspecified atom stereocenters. The van der Waals surface area contributed by atoms with Crippen molar-refractivity contribution in [1.82, 2.24) is 10.2 Å². The SMILES string of the molecule is Cc1cccc(C(=O)O)c1OCC(=O)NC(C(=O)N1CCC(O)(c2ccc(Cl)cc2)C(C)(C)C1)C(C)C. The normalized spacial score (nSPS) is 19.8. The Labute approximate surface area is 222 Å². The third-order valence-corrected chi connectivity index (χ3v) is 7.37. The molecular weight excluding hydrogens is 496 g/mol. The highest BCUT2D eigenvalue weighted by Crippen LogP contribution is 2.46. The smallest absolute Gasteiger partial charge is 0.339 e. The van der Waals surface area contributed by atoms with Crippen molar-refractivity contribution in [3.05, 3.63) is 64.2 Å². The van der Waals surface area contributed by atoms with Crippen molar-refractivity contribution in [2.45, 2.75) is 52.7 Å². The van der Waals surface area contributed by atoms with Gasteiger partial charge in [-0.1, -0.05) is 63.6 Å². The van der Waals surface area contributed by atoms with Crippen LogP contribution >= 0.6 is 11.6 Å². The number of carboxylic acids is 1. The summed E-state index contributed by atoms with van der Waals surface area (Å²) >= 11 is 6.02. The van der Waals surface area contributed by atoms with Crippen molar-refractivity contribution in [3.8, 4) is 5.75 Å². The molecule has 0 radical (unpaired) electrons. The molecule has 8 nitrogen and oxygen atoms in total. The first kappa shape index (κ1) is 28.5. The molecule has 3 rings (SSSR count). The molecule has 1 aliphatic rings. The fourth-order valence-electron chi connectivity index (χ4n) is 4.85. The topological polar surface area (TPSA) is 116 Å². The minimum atomic E-state index is -1.15. The van der Waals surface area contributed by atoms with E-state index in [9.17, 15) is 24.6 Å². The summed E-state index contributed by atoms with van der Waals surface area (Å²) in [4.78, 5) is 39.4. The predicted molar refractivity (Wildman–Crippen MR) is 141 cm³/mol. The van der Waals surface area contributed by atoms with Gasteiger partial charge in [-0.05, 0) is 48.6 Å². The number of likely N-dealkylation sites (tertiary alicyclic amines) is 1. The number of carbonyl (C=O) groups excluding carboxylic acids is 2. The number of para-hydroxylation sites is 1. The van der Waals surface area contributed by atoms with Crippen LogP contribution in [0.15, 0.2) is 42.5 Å². The zero-order valence-corrected chi connectivity index (χ0v) is 22.6. The number of amides is 2. The first-order valence-corrected chi connectivity index (χ1v) is 12.7. The molecule has 0 saturated carbocycles. The number of hydrogen-bond acceptors (Lipinski definition) is 5. The lowest BCUT2D eigenvalue weighted by Crippen LogP contribution is -2.60. The Morgan fingerprint density at radius 3 is 2.35 bits per heavy atom. The van der Waals surface area contributed by atoms with E-state index in [1.54, 1.807) is 36.1 Å². The Kier molecular flexibility index (Phi) is 8.55. The lowest BCUT2D eigenvalue weighted by molar-refractivity contribution is -0.156. The molecule has 1 aliphatic heterocycles. The van der Waals surface area contributed by atoms with Crippen LogP contribution in [0.2, 0.25) is 5.02 Å². The number of carbonyl (C=O) groups is 3. The summed E-state index contributed by atoms with van der Waals surface area (Å²) in [6.07, 6.45) is 0.334. The van der Waals surface area contributed by atoms with E-state index in [-0.39, 0.29) is 23.1 Å². The van der Waals surface area contributed by atoms with Gasteiger partial charge in [0.25, 0.3) is 5.91 Å². The molecule has 0 spiro atoms. The average Bonchev–Trinajstić information content (AvgIpc) is 2.83. The van der Waals surface area contributed by atoms with E-state index in [2.05, 4.69) is 5.32 Å². The van der Waals surface area contributed by atoms with Gasteiger partial charge in [0.05, 0.1) is 5.60 Å². The maximum Gasteiger partial charge on any atom is 0.339 e. The van der Waals surface area contributed by atoms with Gasteiger partial charge in [-0.3, -0.25) is 9.59 Å². The van der Waals surface area contributed by atoms with Crippen molar-refractivity contribution in [3.63, 3.8) is 0 Å². The standard InChI is InChI=1S/C28H35ClN2O6/c1-17(2)23(30-22(32)15-37-24-18(3)7-6-8-21(24)26(34)35)25(33)31-14-13-28(36,27(4,5)16-31)19-9-11-20(29)12-10-19/h6-12,17,23,36H,13-16H2,1-5H3,(H,30,32)(H,34,35). The number of ether oxygens (including phenoxy) is 1. The van der Waals surface area contributed by atoms with Crippen LogP contribution in [0, 0.1) is 18.3 Å². The van der Waals surface area contributed by atoms with E-state index < -0.39 is 35.5 Å². The van der Waals surface area contributed by atoms with Crippen LogP contribution in [0.1, 0.15) is 55.6 Å². The van der Waals surface area contributed by atoms with Gasteiger partial charge in [-0.2, -0.15) is 0 Å². The molecule has 2 aromatic rings. The van der Waals surface area contributed by atoms with Crippen LogP contribution < -0.4 is 10.1 Å². The summed E-state index contributed by atoms with van der Waals surface area (Å²) in [5, 5.41) is 24.3. The first-order valence-electron chi connectivity index (χ1n) is 12.3. The van der Waals surface area contributed by atoms with E-state index >= 15 is 0 Å². The third kappa shape index (κ3) is 6.08. The van der Waals surface area contributed by atoms with Gasteiger partial charge >= 0.3 is 5.97 Å². The average molecular weight is 531 g/mol. The van der Waals surface area contributed by atoms with Gasteiger partial charge in [0, 0.05) is 23.5 Å². The van der Waals surface area contributed by atoms with Crippen LogP contribution in [0.25, 0.3) is 0 Å². The number of aromatic carboxylic acids is 1. The highest BCUT2D eigenvalue weighted by Gasteiger charge is 2.50. The number of hydrogen-bond donors (Lipinski definition) is 3. The minimum absolute atomic E-state index is 0.0343. The predicted octanol–water partition coefficient (Wildman–Crippen LogP) is 4.01. The minimum Gasteiger partial charge on any atom is -0.483 e. The van der Waals surface area contributed by atoms with E-state index in [1.807, 2.05) is 39.8 Å². The van der Waals surface area contributed by atoms with Gasteiger partial charge in [-0.25, -0.2) is 4.79 Å². The van der Waals surface area contributed by atoms with Crippen molar-refractivity contribution in [2.24, 2.45) is 11.3 Å². The molecule has 0 aliphatic carbocycles. The Balaban J connectivity index is 1.69. The zero-order chi connectivity index (χ0) is 27.5. The molecular formula is C28H35ClN2O6. The zero-order valence-electron chi connectivity index (χ0n) is 21.9. The molecule has 2 atom stereocenters. The Bertz CT molecular complexity index is 1160. The second kappa shape index (κ2) is 11.1. The molecule has 1 fully saturated rings. The summed E-state index contributed by atoms with van der Waals surface area (Å²) in [5.41, 5.74) is -0.506. The van der Waals surface area contributed by atoms with Crippen LogP contribution in [0.5, 0.6) is 5.75 Å². The molecule has 1 heterocycles. The van der Waals surface area contributed by atoms with Crippen LogP contribution in [-0.4, -0.2) is 58.6 Å². The molecule has 0 bridgehead atoms. The third-order valence-electron chi connectivity index (χ3n) is 7.12. The maximum atomic E-state index is 13.5. The van der Waals surface area contributed by atoms with E-state index in [1.165, 1.54) is 6.07 Å². The maximum absolute atomic E-state index is 13.5. The molecule has 2 aromatic carbocycles. The summed E-state index contributed by atoms with van der Waals surface area (Å²) in [6.45, 7) is 9.40. The van der Waals surface area contributed by atoms with Crippen LogP contribution in [-0.2, 0) is 15.2 Å². The second-order valence-corrected chi connectivity index (χ2v) is 11.0. The number of aliphatic hydroxyl groups is 1. The highest BCUT2D eigenvalue weighted by molar-refractivity contribution is 6.30. The van der Waals surface area contributed by atoms with Gasteiger partial charge < -0.3 is 25.2 Å². The number of benzene rings is 2. The summed E-state index contributed by atoms with van der Waals surface area (Å²) in [5.74, 6) is -2.00. The van der Waals surface area contributed by atoms with Crippen molar-refractivity contribution in [2.75, 3.05) is 19.7 Å². The monoisotopic (exact) mass is 530 g/mol. The second-order valence-electron chi connectivity index (χ2n) is 10.6. The molecule has 3 N–H and O–H groups in total. The number of carboxylic acid groups (broad SMARTS) is 1. The quantitative estimate of drug-likeness (QED) is 0.475.